The van der Waals surface area contributed by atoms with Crippen molar-refractivity contribution in [3.8, 4) is 11.1 Å². The third kappa shape index (κ3) is 6.86. The molecule has 0 fully saturated rings. The van der Waals surface area contributed by atoms with Gasteiger partial charge in [-0.15, -0.1) is 13.2 Å². The smallest absolute Gasteiger partial charge is 0.0714 e. The maximum Gasteiger partial charge on any atom is 0.0714 e. The number of nitrogens with zero attached hydrogens (tertiary/aromatic N) is 1. The van der Waals surface area contributed by atoms with E-state index in [-0.39, 0.29) is 59.1 Å². The Kier molecular flexibility index (Phi) is 8.25. The van der Waals surface area contributed by atoms with Gasteiger partial charge in [0, 0.05) is 12.7 Å². The molecule has 0 radical (unpaired) electrons. The molecule has 0 aliphatic heterocycles. The number of aryl methyl sites for hydroxylation is 2. The highest BCUT2D eigenvalue weighted by Gasteiger charge is 2.46. The van der Waals surface area contributed by atoms with Crippen LogP contribution in [0.2, 0.25) is 0 Å². The standard InChI is InChI=1S/C57H51N/c1-3-5-18-43-28-29-47(40-46(43)19-6-4-2)45-32-36-51(37-33-45)58(50-34-30-44(31-35-50)42-20-10-7-11-21-42)52-38-39-54-53-26-16-17-27-55(53)57(56(54)41-52,48-22-12-8-13-23-48)49-24-14-9-15-25-49/h3-4,8-10,12-17,20-36,38-41,51H,1-2,5-7,11,18-19,37H2/i30D,31D,32D,33D,34D,35D,36D,37D. The molecule has 3 aliphatic carbocycles. The second-order valence-electron chi connectivity index (χ2n) is 15.0. The topological polar surface area (TPSA) is 3.24 Å². The Morgan fingerprint density at radius 1 is 0.655 bits per heavy atom. The van der Waals surface area contributed by atoms with Crippen molar-refractivity contribution < 1.29 is 11.0 Å². The van der Waals surface area contributed by atoms with Gasteiger partial charge in [0.05, 0.1) is 21.1 Å². The van der Waals surface area contributed by atoms with Crippen LogP contribution in [0.25, 0.3) is 22.3 Å². The summed E-state index contributed by atoms with van der Waals surface area (Å²) in [6.45, 7) is 7.81. The zero-order valence-electron chi connectivity index (χ0n) is 40.7. The molecule has 58 heavy (non-hydrogen) atoms. The molecule has 9 rings (SSSR count). The lowest BCUT2D eigenvalue weighted by Gasteiger charge is -2.36. The fraction of sp³-hybridized carbons (Fsp3) is 0.158. The quantitative estimate of drug-likeness (QED) is 0.106. The van der Waals surface area contributed by atoms with Crippen LogP contribution in [0.15, 0.2) is 207 Å². The Morgan fingerprint density at radius 3 is 2.05 bits per heavy atom. The zero-order chi connectivity index (χ0) is 46.3. The van der Waals surface area contributed by atoms with Gasteiger partial charge in [0.25, 0.3) is 0 Å². The third-order valence-electron chi connectivity index (χ3n) is 11.6. The van der Waals surface area contributed by atoms with Crippen molar-refractivity contribution in [2.24, 2.45) is 0 Å². The van der Waals surface area contributed by atoms with Gasteiger partial charge < -0.3 is 4.90 Å². The van der Waals surface area contributed by atoms with Crippen LogP contribution in [0.4, 0.5) is 11.4 Å². The summed E-state index contributed by atoms with van der Waals surface area (Å²) in [5.41, 5.74) is 9.19. The van der Waals surface area contributed by atoms with Crippen molar-refractivity contribution in [3.63, 3.8) is 0 Å². The second-order valence-corrected chi connectivity index (χ2v) is 15.0. The molecule has 2 unspecified atom stereocenters. The van der Waals surface area contributed by atoms with E-state index in [2.05, 4.69) is 49.6 Å². The van der Waals surface area contributed by atoms with E-state index in [1.807, 2.05) is 115 Å². The highest BCUT2D eigenvalue weighted by atomic mass is 15.2. The summed E-state index contributed by atoms with van der Waals surface area (Å²) in [6, 6.07) is 37.4. The van der Waals surface area contributed by atoms with Crippen molar-refractivity contribution in [1.82, 2.24) is 0 Å². The molecule has 0 spiro atoms. The molecule has 0 saturated heterocycles. The molecule has 0 amide bonds. The fourth-order valence-corrected chi connectivity index (χ4v) is 8.83. The Hall–Kier alpha value is -6.44. The minimum atomic E-state index is -1.47. The van der Waals surface area contributed by atoms with Crippen LogP contribution in [-0.4, -0.2) is 6.04 Å². The number of rotatable bonds is 13. The number of hydrogen-bond donors (Lipinski definition) is 0. The van der Waals surface area contributed by atoms with Crippen LogP contribution < -0.4 is 4.90 Å². The number of allylic oxidation sites excluding steroid dienone is 8. The molecule has 0 heterocycles. The summed E-state index contributed by atoms with van der Waals surface area (Å²) in [7, 11) is 0. The van der Waals surface area contributed by atoms with Crippen LogP contribution in [0.5, 0.6) is 0 Å². The predicted octanol–water partition coefficient (Wildman–Crippen LogP) is 14.6. The van der Waals surface area contributed by atoms with Crippen molar-refractivity contribution in [3.05, 3.63) is 252 Å². The van der Waals surface area contributed by atoms with E-state index in [0.29, 0.717) is 29.7 Å². The van der Waals surface area contributed by atoms with Crippen LogP contribution in [-0.2, 0) is 18.3 Å². The number of fused-ring (bicyclic) bond motifs is 3. The largest absolute Gasteiger partial charge is 0.334 e. The van der Waals surface area contributed by atoms with E-state index in [0.717, 1.165) is 70.2 Å². The molecule has 1 heteroatoms. The average molecular weight is 758 g/mol. The highest BCUT2D eigenvalue weighted by Crippen LogP contribution is 2.57. The first-order chi connectivity index (χ1) is 32.0. The Balaban J connectivity index is 1.30. The van der Waals surface area contributed by atoms with Crippen molar-refractivity contribution in [1.29, 1.82) is 0 Å². The maximum absolute atomic E-state index is 9.94. The third-order valence-corrected chi connectivity index (χ3v) is 11.6. The molecular weight excluding hydrogens is 699 g/mol. The Morgan fingerprint density at radius 2 is 1.34 bits per heavy atom. The summed E-state index contributed by atoms with van der Waals surface area (Å²) < 4.78 is 77.5. The average Bonchev–Trinajstić information content (AvgIpc) is 3.65. The lowest BCUT2D eigenvalue weighted by atomic mass is 9.67. The highest BCUT2D eigenvalue weighted by molar-refractivity contribution is 5.89. The van der Waals surface area contributed by atoms with Crippen molar-refractivity contribution in [2.45, 2.75) is 56.4 Å². The van der Waals surface area contributed by atoms with Gasteiger partial charge in [0.1, 0.15) is 0 Å². The van der Waals surface area contributed by atoms with Gasteiger partial charge in [0.2, 0.25) is 0 Å². The molecular formula is C57H51N. The fourth-order valence-electron chi connectivity index (χ4n) is 8.83. The molecule has 0 saturated carbocycles. The number of hydrogen-bond acceptors (Lipinski definition) is 1. The lowest BCUT2D eigenvalue weighted by Crippen LogP contribution is -2.31. The first kappa shape index (κ1) is 28.9. The molecule has 2 atom stereocenters. The number of anilines is 2. The summed E-state index contributed by atoms with van der Waals surface area (Å²) in [5.74, 6) is 0. The van der Waals surface area contributed by atoms with E-state index >= 15 is 0 Å². The summed E-state index contributed by atoms with van der Waals surface area (Å²) in [6.07, 6.45) is 12.5. The van der Waals surface area contributed by atoms with Crippen LogP contribution in [0.1, 0.15) is 87.6 Å². The minimum Gasteiger partial charge on any atom is -0.334 e. The molecule has 0 N–H and O–H groups in total. The van der Waals surface area contributed by atoms with Gasteiger partial charge in [-0.05, 0) is 136 Å². The Labute approximate surface area is 356 Å². The van der Waals surface area contributed by atoms with E-state index in [1.165, 1.54) is 0 Å². The SMILES string of the molecule is [2H]C1=C([2H])C(N(c2ccc3c(c2)C(c2ccccc2)(c2ccccc2)c2ccccc2-3)c2c([2H])c([2H])c(C3=CCCC=C3)c([2H])c2[2H])C([2H])C([2H])=C1c1ccc(CCC=C)c(CCC=C)c1. The monoisotopic (exact) mass is 757 g/mol. The van der Waals surface area contributed by atoms with Gasteiger partial charge in [-0.3, -0.25) is 0 Å². The zero-order valence-corrected chi connectivity index (χ0v) is 32.7. The molecule has 1 nitrogen and oxygen atoms in total. The van der Waals surface area contributed by atoms with Crippen LogP contribution >= 0.6 is 0 Å². The summed E-state index contributed by atoms with van der Waals surface area (Å²) in [4.78, 5) is 1.55. The molecule has 6 aromatic carbocycles. The molecule has 284 valence electrons. The van der Waals surface area contributed by atoms with E-state index in [1.54, 1.807) is 4.90 Å². The van der Waals surface area contributed by atoms with Gasteiger partial charge in [-0.25, -0.2) is 0 Å². The van der Waals surface area contributed by atoms with Gasteiger partial charge in [0.15, 0.2) is 0 Å². The minimum absolute atomic E-state index is 0.121. The second kappa shape index (κ2) is 16.6. The van der Waals surface area contributed by atoms with Gasteiger partial charge in [-0.2, -0.15) is 0 Å². The summed E-state index contributed by atoms with van der Waals surface area (Å²) >= 11 is 0. The van der Waals surface area contributed by atoms with E-state index < -0.39 is 17.9 Å². The van der Waals surface area contributed by atoms with Crippen LogP contribution in [0, 0.1) is 0 Å². The lowest BCUT2D eigenvalue weighted by molar-refractivity contribution is 0.761. The molecule has 3 aliphatic rings. The first-order valence-electron chi connectivity index (χ1n) is 24.4. The Bertz CT molecular complexity index is 2950. The predicted molar refractivity (Wildman–Crippen MR) is 248 cm³/mol. The van der Waals surface area contributed by atoms with Crippen molar-refractivity contribution in [2.75, 3.05) is 4.90 Å². The van der Waals surface area contributed by atoms with Gasteiger partial charge >= 0.3 is 0 Å². The normalized spacial score (nSPS) is 19.9. The first-order valence-corrected chi connectivity index (χ1v) is 20.3. The molecule has 0 aromatic heterocycles. The van der Waals surface area contributed by atoms with E-state index in [9.17, 15) is 11.0 Å². The van der Waals surface area contributed by atoms with E-state index in [4.69, 9.17) is 0 Å². The van der Waals surface area contributed by atoms with Crippen molar-refractivity contribution >= 4 is 22.5 Å². The molecule has 6 aromatic rings. The maximum atomic E-state index is 9.94. The van der Waals surface area contributed by atoms with Gasteiger partial charge in [-0.1, -0.05) is 170 Å². The number of benzene rings is 6. The van der Waals surface area contributed by atoms with Crippen LogP contribution in [0.3, 0.4) is 0 Å². The molecule has 0 bridgehead atoms. The summed E-state index contributed by atoms with van der Waals surface area (Å²) in [5, 5.41) is 0.